The summed E-state index contributed by atoms with van der Waals surface area (Å²) in [6.45, 7) is 0. The quantitative estimate of drug-likeness (QED) is 0.277. The molecule has 1 atom stereocenters. The summed E-state index contributed by atoms with van der Waals surface area (Å²) in [5.74, 6) is 0. The molecule has 2 N–H and O–H groups in total. The largest absolute Gasteiger partial charge is 1.00 e. The van der Waals surface area contributed by atoms with Crippen LogP contribution in [-0.4, -0.2) is 9.79 Å². The van der Waals surface area contributed by atoms with Gasteiger partial charge >= 0.3 is 215 Å². The number of phosphoric acid groups is 3. The van der Waals surface area contributed by atoms with Crippen molar-refractivity contribution in [2.75, 3.05) is 0 Å². The molecule has 0 aliphatic heterocycles. The van der Waals surface area contributed by atoms with Crippen LogP contribution >= 0.6 is 23.5 Å². The Balaban J connectivity index is -0.000000240. The summed E-state index contributed by atoms with van der Waals surface area (Å²) >= 11 is 0. The van der Waals surface area contributed by atoms with E-state index in [1.807, 2.05) is 0 Å². The fourth-order valence-corrected chi connectivity index (χ4v) is 2.68. The summed E-state index contributed by atoms with van der Waals surface area (Å²) in [4.78, 5) is 45.3. The molecule has 0 aromatic rings. The standard InChI is InChI=1S/3Cs.H5O10P3/c;;;1-11(2,3)9-13(7,8)10-12(4,5)6/h;;;(H,7,8)(H2,1,2,3)(H2,4,5,6)/q3*+1;/p-3. The Hall–Kier alpha value is 6.57. The van der Waals surface area contributed by atoms with Crippen molar-refractivity contribution >= 4 is 23.5 Å². The molecular weight excluding hydrogens is 652 g/mol. The molecule has 0 rings (SSSR count). The van der Waals surface area contributed by atoms with Crippen LogP contribution in [0.3, 0.4) is 0 Å². The van der Waals surface area contributed by atoms with Crippen molar-refractivity contribution < 1.29 is 253 Å². The van der Waals surface area contributed by atoms with Gasteiger partial charge in [0.15, 0.2) is 0 Å². The van der Waals surface area contributed by atoms with Gasteiger partial charge in [-0.3, -0.25) is 8.88 Å². The van der Waals surface area contributed by atoms with Crippen molar-refractivity contribution in [1.29, 1.82) is 0 Å². The maximum Gasteiger partial charge on any atom is 1.00 e. The summed E-state index contributed by atoms with van der Waals surface area (Å²) in [5.41, 5.74) is 0. The van der Waals surface area contributed by atoms with E-state index < -0.39 is 23.5 Å². The minimum absolute atomic E-state index is 0. The molecular formula is H2Cs3O10P3. The Kier molecular flexibility index (Phi) is 24.6. The van der Waals surface area contributed by atoms with E-state index in [0.29, 0.717) is 0 Å². The fourth-order valence-electron chi connectivity index (χ4n) is 0.268. The first-order valence-corrected chi connectivity index (χ1v) is 6.68. The first-order chi connectivity index (χ1) is 5.41. The van der Waals surface area contributed by atoms with Crippen molar-refractivity contribution in [2.45, 2.75) is 0 Å². The van der Waals surface area contributed by atoms with Gasteiger partial charge in [0, 0.05) is 0 Å². The molecule has 0 heterocycles. The Morgan fingerprint density at radius 1 is 0.812 bits per heavy atom. The summed E-state index contributed by atoms with van der Waals surface area (Å²) in [5, 5.41) is 0. The molecule has 0 aromatic heterocycles. The Bertz CT molecular complexity index is 283. The molecule has 0 aromatic carbocycles. The zero-order valence-corrected chi connectivity index (χ0v) is 30.0. The zero-order valence-electron chi connectivity index (χ0n) is 8.50. The molecule has 1 unspecified atom stereocenters. The minimum atomic E-state index is -5.92. The van der Waals surface area contributed by atoms with Crippen molar-refractivity contribution in [1.82, 2.24) is 0 Å². The number of hydrogen-bond donors (Lipinski definition) is 2. The molecule has 0 spiro atoms. The van der Waals surface area contributed by atoms with E-state index in [4.69, 9.17) is 9.79 Å². The van der Waals surface area contributed by atoms with Gasteiger partial charge in [-0.1, -0.05) is 0 Å². The van der Waals surface area contributed by atoms with E-state index in [-0.39, 0.29) is 207 Å². The maximum absolute atomic E-state index is 10.2. The van der Waals surface area contributed by atoms with Gasteiger partial charge in [0.25, 0.3) is 7.82 Å². The van der Waals surface area contributed by atoms with Gasteiger partial charge in [-0.15, -0.1) is 0 Å². The first kappa shape index (κ1) is 30.4. The van der Waals surface area contributed by atoms with E-state index in [1.54, 1.807) is 0 Å². The smallest absolute Gasteiger partial charge is 0.790 e. The van der Waals surface area contributed by atoms with Crippen molar-refractivity contribution in [3.63, 3.8) is 0 Å². The molecule has 16 heteroatoms. The van der Waals surface area contributed by atoms with E-state index in [9.17, 15) is 28.4 Å². The second-order valence-electron chi connectivity index (χ2n) is 1.55. The molecule has 0 aliphatic rings. The third-order valence-electron chi connectivity index (χ3n) is 0.406. The van der Waals surface area contributed by atoms with Gasteiger partial charge in [-0.2, -0.15) is 0 Å². The van der Waals surface area contributed by atoms with Gasteiger partial charge in [-0.05, 0) is 0 Å². The molecule has 0 saturated heterocycles. The van der Waals surface area contributed by atoms with Crippen LogP contribution in [0.15, 0.2) is 0 Å². The molecule has 10 nitrogen and oxygen atoms in total. The second-order valence-corrected chi connectivity index (χ2v) is 5.62. The second kappa shape index (κ2) is 12.9. The van der Waals surface area contributed by atoms with E-state index in [2.05, 4.69) is 8.62 Å². The van der Waals surface area contributed by atoms with E-state index in [0.717, 1.165) is 0 Å². The average molecular weight is 654 g/mol. The van der Waals surface area contributed by atoms with Crippen LogP contribution in [0.25, 0.3) is 0 Å². The molecule has 0 radical (unpaired) electrons. The summed E-state index contributed by atoms with van der Waals surface area (Å²) in [6, 6.07) is 0. The molecule has 0 aliphatic carbocycles. The van der Waals surface area contributed by atoms with Crippen LogP contribution in [0.4, 0.5) is 0 Å². The molecule has 0 bridgehead atoms. The fraction of sp³-hybridized carbons (Fsp3) is 0. The van der Waals surface area contributed by atoms with Gasteiger partial charge < -0.3 is 29.0 Å². The van der Waals surface area contributed by atoms with Crippen molar-refractivity contribution in [3.8, 4) is 0 Å². The van der Waals surface area contributed by atoms with Crippen molar-refractivity contribution in [3.05, 3.63) is 0 Å². The van der Waals surface area contributed by atoms with Crippen LogP contribution < -0.4 is 221 Å². The summed E-state index contributed by atoms with van der Waals surface area (Å²) < 4.78 is 35.3. The normalized spacial score (nSPS) is 14.8. The minimum Gasteiger partial charge on any atom is -0.790 e. The Morgan fingerprint density at radius 3 is 1.31 bits per heavy atom. The van der Waals surface area contributed by atoms with Gasteiger partial charge in [0.05, 0.1) is 7.82 Å². The van der Waals surface area contributed by atoms with E-state index >= 15 is 0 Å². The van der Waals surface area contributed by atoms with Gasteiger partial charge in [0.1, 0.15) is 0 Å². The SMILES string of the molecule is O=P([O-])([O-])OP(=O)([O-])OP(=O)(O)O.[Cs+].[Cs+].[Cs+]. The number of hydrogen-bond acceptors (Lipinski definition) is 8. The third-order valence-corrected chi connectivity index (χ3v) is 3.66. The Labute approximate surface area is 267 Å². The predicted octanol–water partition coefficient (Wildman–Crippen LogP) is -11.6. The van der Waals surface area contributed by atoms with Crippen LogP contribution in [0.1, 0.15) is 0 Å². The molecule has 80 valence electrons. The predicted molar refractivity (Wildman–Crippen MR) is 29.4 cm³/mol. The van der Waals surface area contributed by atoms with Gasteiger partial charge in [-0.25, -0.2) is 8.88 Å². The molecule has 0 amide bonds. The summed E-state index contributed by atoms with van der Waals surface area (Å²) in [6.07, 6.45) is 0. The van der Waals surface area contributed by atoms with E-state index in [1.165, 1.54) is 0 Å². The monoisotopic (exact) mass is 654 g/mol. The number of rotatable bonds is 4. The molecule has 0 fully saturated rings. The zero-order chi connectivity index (χ0) is 10.9. The Morgan fingerprint density at radius 2 is 1.12 bits per heavy atom. The molecule has 16 heavy (non-hydrogen) atoms. The maximum atomic E-state index is 10.2. The average Bonchev–Trinajstić information content (AvgIpc) is 1.43. The third kappa shape index (κ3) is 22.8. The summed E-state index contributed by atoms with van der Waals surface area (Å²) in [7, 11) is -17.2. The van der Waals surface area contributed by atoms with Crippen LogP contribution in [0.5, 0.6) is 0 Å². The first-order valence-electron chi connectivity index (χ1n) is 2.23. The van der Waals surface area contributed by atoms with Crippen molar-refractivity contribution in [2.24, 2.45) is 0 Å². The van der Waals surface area contributed by atoms with Gasteiger partial charge in [0.2, 0.25) is 0 Å². The topological polar surface area (TPSA) is 179 Å². The van der Waals surface area contributed by atoms with Crippen LogP contribution in [-0.2, 0) is 22.3 Å². The van der Waals surface area contributed by atoms with Crippen LogP contribution in [0.2, 0.25) is 0 Å². The van der Waals surface area contributed by atoms with Crippen LogP contribution in [0, 0.1) is 0 Å². The molecule has 0 saturated carbocycles.